The van der Waals surface area contributed by atoms with Crippen LogP contribution in [-0.4, -0.2) is 70.6 Å². The molecule has 0 saturated carbocycles. The monoisotopic (exact) mass is 672 g/mol. The van der Waals surface area contributed by atoms with Gasteiger partial charge in [0.2, 0.25) is 0 Å². The number of hydrogen-bond donors (Lipinski definition) is 0. The van der Waals surface area contributed by atoms with Crippen molar-refractivity contribution < 1.29 is 27.0 Å². The molecule has 2 unspecified atom stereocenters. The Hall–Kier alpha value is -0.0300. The zero-order valence-electron chi connectivity index (χ0n) is 29.2. The topological polar surface area (TPSA) is 94.6 Å². The van der Waals surface area contributed by atoms with Crippen molar-refractivity contribution in [3.05, 3.63) is 0 Å². The summed E-state index contributed by atoms with van der Waals surface area (Å²) >= 11 is 5.53. The summed E-state index contributed by atoms with van der Waals surface area (Å²) in [6.45, 7) is 26.4. The van der Waals surface area contributed by atoms with Gasteiger partial charge in [0, 0.05) is 35.8 Å². The molecule has 0 saturated heterocycles. The lowest BCUT2D eigenvalue weighted by molar-refractivity contribution is -0.122. The van der Waals surface area contributed by atoms with Gasteiger partial charge < -0.3 is 0 Å². The normalized spacial score (nSPS) is 13.2. The van der Waals surface area contributed by atoms with E-state index in [2.05, 4.69) is 38.8 Å². The zero-order valence-corrected chi connectivity index (χ0v) is 32.4. The molecule has 0 aromatic rings. The van der Waals surface area contributed by atoms with Crippen LogP contribution in [0.3, 0.4) is 0 Å². The number of carbonyl (C=O) groups is 3. The minimum Gasteiger partial charge on any atom is -0.299 e. The van der Waals surface area contributed by atoms with Crippen molar-refractivity contribution >= 4 is 62.8 Å². The van der Waals surface area contributed by atoms with Gasteiger partial charge in [-0.15, -0.1) is 0 Å². The molecule has 10 heteroatoms. The van der Waals surface area contributed by atoms with Gasteiger partial charge in [-0.25, -0.2) is 0 Å². The molecule has 0 amide bonds. The van der Waals surface area contributed by atoms with Crippen molar-refractivity contribution in [1.29, 1.82) is 0 Å². The number of Topliss-reactive ketones (excluding diaryl/α,β-unsaturated/α-hetero) is 3. The number of carbonyl (C=O) groups excluding carboxylic acids is 3. The van der Waals surface area contributed by atoms with E-state index in [1.54, 1.807) is 25.6 Å². The van der Waals surface area contributed by atoms with Crippen molar-refractivity contribution in [2.45, 2.75) is 148 Å². The fraction of sp³-hybridized carbons (Fsp3) is 0.906. The van der Waals surface area contributed by atoms with Gasteiger partial charge in [0.1, 0.15) is 16.8 Å². The highest BCUT2D eigenvalue weighted by molar-refractivity contribution is 8.00. The predicted molar refractivity (Wildman–Crippen MR) is 190 cm³/mol. The molecule has 2 atom stereocenters. The molecule has 0 heterocycles. The van der Waals surface area contributed by atoms with E-state index >= 15 is 0 Å². The number of ketones is 3. The van der Waals surface area contributed by atoms with Gasteiger partial charge in [-0.3, -0.25) is 18.6 Å². The lowest BCUT2D eigenvalue weighted by Crippen LogP contribution is -2.34. The summed E-state index contributed by atoms with van der Waals surface area (Å²) in [5.74, 6) is 2.42. The molecule has 0 radical (unpaired) electrons. The fourth-order valence-corrected chi connectivity index (χ4v) is 7.50. The third kappa shape index (κ3) is 27.5. The first-order valence-electron chi connectivity index (χ1n) is 15.5. The van der Waals surface area contributed by atoms with E-state index in [0.717, 1.165) is 38.5 Å². The second-order valence-electron chi connectivity index (χ2n) is 12.2. The lowest BCUT2D eigenvalue weighted by Gasteiger charge is -2.17. The third-order valence-electron chi connectivity index (χ3n) is 5.91. The Balaban J connectivity index is -0.000000554. The maximum atomic E-state index is 11.9. The van der Waals surface area contributed by atoms with Gasteiger partial charge in [-0.2, -0.15) is 43.7 Å². The molecule has 0 aliphatic carbocycles. The second kappa shape index (κ2) is 26.2. The van der Waals surface area contributed by atoms with E-state index in [9.17, 15) is 22.8 Å². The minimum absolute atomic E-state index is 0.205. The van der Waals surface area contributed by atoms with Crippen molar-refractivity contribution in [3.63, 3.8) is 0 Å². The van der Waals surface area contributed by atoms with Crippen LogP contribution < -0.4 is 0 Å². The zero-order chi connectivity index (χ0) is 33.6. The van der Waals surface area contributed by atoms with Crippen LogP contribution in [0, 0.1) is 17.8 Å². The third-order valence-corrected chi connectivity index (χ3v) is 11.1. The van der Waals surface area contributed by atoms with Crippen molar-refractivity contribution in [2.24, 2.45) is 17.8 Å². The maximum absolute atomic E-state index is 11.9. The highest BCUT2D eigenvalue weighted by atomic mass is 32.2. The molecule has 0 aliphatic rings. The summed E-state index contributed by atoms with van der Waals surface area (Å²) in [5, 5.41) is 1.37. The SMILES string of the molecule is CC(C)SC(C)CCC(=O)C(C)C.CC(C)SCCCC(=O)C(C)C.COS(=O)(=O)C(CCSC(C)C)C(=O)C(C)C. The van der Waals surface area contributed by atoms with Gasteiger partial charge in [-0.05, 0) is 46.5 Å². The van der Waals surface area contributed by atoms with Gasteiger partial charge in [0.25, 0.3) is 10.1 Å². The Morgan fingerprint density at radius 3 is 1.45 bits per heavy atom. The first kappa shape index (κ1) is 46.4. The van der Waals surface area contributed by atoms with Crippen LogP contribution in [-0.2, 0) is 28.7 Å². The molecule has 0 fully saturated rings. The molecule has 6 nitrogen and oxygen atoms in total. The van der Waals surface area contributed by atoms with Crippen LogP contribution in [0.5, 0.6) is 0 Å². The number of thioether (sulfide) groups is 3. The Kier molecular flexibility index (Phi) is 29.0. The molecular formula is C32H64O6S4. The molecule has 0 spiro atoms. The lowest BCUT2D eigenvalue weighted by atomic mass is 10.0. The first-order valence-corrected chi connectivity index (χ1v) is 20.0. The molecule has 0 rings (SSSR count). The molecule has 0 aromatic carbocycles. The average molecular weight is 673 g/mol. The van der Waals surface area contributed by atoms with Crippen LogP contribution in [0.25, 0.3) is 0 Å². The predicted octanol–water partition coefficient (Wildman–Crippen LogP) is 8.74. The average Bonchev–Trinajstić information content (AvgIpc) is 2.86. The Morgan fingerprint density at radius 2 is 1.07 bits per heavy atom. The summed E-state index contributed by atoms with van der Waals surface area (Å²) < 4.78 is 27.8. The van der Waals surface area contributed by atoms with E-state index in [1.807, 2.05) is 65.1 Å². The van der Waals surface area contributed by atoms with Crippen LogP contribution in [0.4, 0.5) is 0 Å². The van der Waals surface area contributed by atoms with E-state index in [0.29, 0.717) is 44.7 Å². The molecule has 252 valence electrons. The van der Waals surface area contributed by atoms with Crippen LogP contribution in [0.2, 0.25) is 0 Å². The number of rotatable bonds is 20. The van der Waals surface area contributed by atoms with E-state index in [-0.39, 0.29) is 23.5 Å². The Labute approximate surface area is 273 Å². The quantitative estimate of drug-likeness (QED) is 0.0929. The summed E-state index contributed by atoms with van der Waals surface area (Å²) in [6.07, 6.45) is 3.89. The van der Waals surface area contributed by atoms with Gasteiger partial charge in [0.05, 0.1) is 7.11 Å². The largest absolute Gasteiger partial charge is 0.299 e. The Bertz CT molecular complexity index is 821. The van der Waals surface area contributed by atoms with Crippen LogP contribution in [0.1, 0.15) is 122 Å². The standard InChI is InChI=1S/C11H22O4S2.C11H22OS.C10H20OS/c1-8(2)11(12)10(17(13,14)15-5)6-7-16-9(3)4;1-8(2)11(12)7-6-10(5)13-9(3)4;1-8(2)10(11)6-5-7-12-9(3)4/h8-10H,6-7H2,1-5H3;8-10H,6-7H2,1-5H3;8-9H,5-7H2,1-4H3. The minimum atomic E-state index is -3.77. The molecule has 0 aromatic heterocycles. The summed E-state index contributed by atoms with van der Waals surface area (Å²) in [6, 6.07) is 0. The summed E-state index contributed by atoms with van der Waals surface area (Å²) in [4.78, 5) is 34.4. The Morgan fingerprint density at radius 1 is 0.619 bits per heavy atom. The number of hydrogen-bond acceptors (Lipinski definition) is 9. The highest BCUT2D eigenvalue weighted by Crippen LogP contribution is 2.22. The summed E-state index contributed by atoms with van der Waals surface area (Å²) in [5.41, 5.74) is 0. The first-order chi connectivity index (χ1) is 19.2. The van der Waals surface area contributed by atoms with E-state index in [1.165, 1.54) is 0 Å². The molecule has 0 aliphatic heterocycles. The van der Waals surface area contributed by atoms with Crippen molar-refractivity contribution in [1.82, 2.24) is 0 Å². The van der Waals surface area contributed by atoms with Crippen LogP contribution in [0.15, 0.2) is 0 Å². The smallest absolute Gasteiger partial charge is 0.277 e. The molecule has 0 bridgehead atoms. The molecule has 0 N–H and O–H groups in total. The fourth-order valence-electron chi connectivity index (χ4n) is 3.35. The van der Waals surface area contributed by atoms with E-state index in [4.69, 9.17) is 0 Å². The van der Waals surface area contributed by atoms with Crippen molar-refractivity contribution in [2.75, 3.05) is 18.6 Å². The van der Waals surface area contributed by atoms with E-state index < -0.39 is 15.4 Å². The second-order valence-corrected chi connectivity index (χ2v) is 19.5. The van der Waals surface area contributed by atoms with Gasteiger partial charge >= 0.3 is 0 Å². The summed E-state index contributed by atoms with van der Waals surface area (Å²) in [7, 11) is -2.66. The van der Waals surface area contributed by atoms with Gasteiger partial charge in [0.15, 0.2) is 5.78 Å². The van der Waals surface area contributed by atoms with Crippen molar-refractivity contribution in [3.8, 4) is 0 Å². The molecular weight excluding hydrogens is 609 g/mol. The van der Waals surface area contributed by atoms with Crippen LogP contribution >= 0.6 is 35.3 Å². The van der Waals surface area contributed by atoms with Gasteiger partial charge in [-0.1, -0.05) is 90.0 Å². The highest BCUT2D eigenvalue weighted by Gasteiger charge is 2.33. The maximum Gasteiger partial charge on any atom is 0.277 e. The molecule has 42 heavy (non-hydrogen) atoms.